The highest BCUT2D eigenvalue weighted by Crippen LogP contribution is 2.22. The summed E-state index contributed by atoms with van der Waals surface area (Å²) >= 11 is 0. The van der Waals surface area contributed by atoms with Crippen LogP contribution in [-0.4, -0.2) is 26.2 Å². The molecule has 1 aromatic carbocycles. The normalized spacial score (nSPS) is 14.5. The Morgan fingerprint density at radius 3 is 2.95 bits per heavy atom. The Kier molecular flexibility index (Phi) is 3.60. The number of nitrogens with one attached hydrogen (secondary N) is 1. The first-order chi connectivity index (χ1) is 9.70. The lowest BCUT2D eigenvalue weighted by Crippen LogP contribution is -2.15. The van der Waals surface area contributed by atoms with Crippen LogP contribution in [0.4, 0.5) is 4.39 Å². The zero-order valence-electron chi connectivity index (χ0n) is 11.2. The maximum absolute atomic E-state index is 13.9. The molecule has 1 saturated carbocycles. The van der Waals surface area contributed by atoms with Gasteiger partial charge in [0, 0.05) is 12.6 Å². The molecule has 1 aliphatic carbocycles. The fourth-order valence-corrected chi connectivity index (χ4v) is 1.84. The number of aryl methyl sites for hydroxylation is 1. The van der Waals surface area contributed by atoms with Gasteiger partial charge in [-0.3, -0.25) is 0 Å². The minimum absolute atomic E-state index is 0.102. The number of ether oxygens (including phenoxy) is 1. The van der Waals surface area contributed by atoms with Crippen molar-refractivity contribution in [2.75, 3.05) is 0 Å². The van der Waals surface area contributed by atoms with Crippen molar-refractivity contribution >= 4 is 0 Å². The predicted octanol–water partition coefficient (Wildman–Crippen LogP) is 1.18. The summed E-state index contributed by atoms with van der Waals surface area (Å²) in [6.07, 6.45) is 2.43. The van der Waals surface area contributed by atoms with E-state index in [0.29, 0.717) is 18.4 Å². The number of halogens is 1. The minimum atomic E-state index is -0.371. The second-order valence-corrected chi connectivity index (χ2v) is 4.90. The quantitative estimate of drug-likeness (QED) is 0.859. The van der Waals surface area contributed by atoms with Gasteiger partial charge in [0.2, 0.25) is 5.82 Å². The molecule has 1 heterocycles. The highest BCUT2D eigenvalue weighted by molar-refractivity contribution is 5.29. The Labute approximate surface area is 115 Å². The van der Waals surface area contributed by atoms with Crippen molar-refractivity contribution < 1.29 is 9.13 Å². The molecule has 2 aromatic rings. The maximum atomic E-state index is 13.9. The van der Waals surface area contributed by atoms with Crippen molar-refractivity contribution in [2.24, 2.45) is 7.05 Å². The zero-order valence-corrected chi connectivity index (χ0v) is 11.2. The lowest BCUT2D eigenvalue weighted by atomic mass is 10.2. The molecule has 106 valence electrons. The van der Waals surface area contributed by atoms with E-state index in [2.05, 4.69) is 20.7 Å². The summed E-state index contributed by atoms with van der Waals surface area (Å²) in [6.45, 7) is 0.790. The van der Waals surface area contributed by atoms with Crippen molar-refractivity contribution in [3.05, 3.63) is 35.4 Å². The summed E-state index contributed by atoms with van der Waals surface area (Å²) < 4.78 is 19.2. The molecule has 3 rings (SSSR count). The van der Waals surface area contributed by atoms with Gasteiger partial charge in [-0.1, -0.05) is 6.07 Å². The Morgan fingerprint density at radius 1 is 1.45 bits per heavy atom. The van der Waals surface area contributed by atoms with Crippen LogP contribution in [-0.2, 0) is 20.2 Å². The number of hydrogen-bond donors (Lipinski definition) is 1. The lowest BCUT2D eigenvalue weighted by Gasteiger charge is -2.07. The first-order valence-corrected chi connectivity index (χ1v) is 6.58. The summed E-state index contributed by atoms with van der Waals surface area (Å²) in [5.74, 6) is 0.253. The van der Waals surface area contributed by atoms with Crippen LogP contribution >= 0.6 is 0 Å². The predicted molar refractivity (Wildman–Crippen MR) is 69.4 cm³/mol. The molecule has 1 aromatic heterocycles. The van der Waals surface area contributed by atoms with Crippen molar-refractivity contribution in [2.45, 2.75) is 32.0 Å². The van der Waals surface area contributed by atoms with Gasteiger partial charge in [-0.25, -0.2) is 4.39 Å². The first kappa shape index (κ1) is 13.0. The van der Waals surface area contributed by atoms with Crippen LogP contribution < -0.4 is 10.1 Å². The topological polar surface area (TPSA) is 64.9 Å². The summed E-state index contributed by atoms with van der Waals surface area (Å²) in [7, 11) is 1.67. The molecule has 0 saturated heterocycles. The Balaban J connectivity index is 1.58. The van der Waals surface area contributed by atoms with Crippen LogP contribution in [0.15, 0.2) is 18.2 Å². The fourth-order valence-electron chi connectivity index (χ4n) is 1.84. The van der Waals surface area contributed by atoms with Crippen LogP contribution in [0.1, 0.15) is 24.2 Å². The largest absolute Gasteiger partial charge is 0.482 e. The van der Waals surface area contributed by atoms with Gasteiger partial charge in [0.25, 0.3) is 0 Å². The molecule has 7 heteroatoms. The molecule has 0 radical (unpaired) electrons. The average molecular weight is 277 g/mol. The van der Waals surface area contributed by atoms with Gasteiger partial charge >= 0.3 is 0 Å². The molecule has 20 heavy (non-hydrogen) atoms. The minimum Gasteiger partial charge on any atom is -0.482 e. The molecule has 0 unspecified atom stereocenters. The molecule has 0 amide bonds. The molecular weight excluding hydrogens is 261 g/mol. The molecule has 0 bridgehead atoms. The number of benzene rings is 1. The summed E-state index contributed by atoms with van der Waals surface area (Å²) in [6, 6.07) is 5.60. The fraction of sp³-hybridized carbons (Fsp3) is 0.462. The van der Waals surface area contributed by atoms with Crippen molar-refractivity contribution in [1.82, 2.24) is 25.5 Å². The molecule has 0 atom stereocenters. The lowest BCUT2D eigenvalue weighted by molar-refractivity contribution is 0.280. The van der Waals surface area contributed by atoms with Crippen LogP contribution in [0, 0.1) is 5.82 Å². The van der Waals surface area contributed by atoms with Gasteiger partial charge in [-0.2, -0.15) is 4.80 Å². The van der Waals surface area contributed by atoms with Gasteiger partial charge in [0.05, 0.1) is 7.05 Å². The summed E-state index contributed by atoms with van der Waals surface area (Å²) in [5, 5.41) is 14.8. The molecule has 0 aliphatic heterocycles. The van der Waals surface area contributed by atoms with Crippen molar-refractivity contribution in [1.29, 1.82) is 0 Å². The van der Waals surface area contributed by atoms with E-state index in [4.69, 9.17) is 4.74 Å². The van der Waals surface area contributed by atoms with E-state index < -0.39 is 0 Å². The molecule has 1 aliphatic rings. The standard InChI is InChI=1S/C13H16FN5O/c1-19-17-13(16-18-19)8-20-12-5-2-9(6-11(12)14)7-15-10-3-4-10/h2,5-6,10,15H,3-4,7-8H2,1H3. The van der Waals surface area contributed by atoms with Gasteiger partial charge in [0.1, 0.15) is 0 Å². The van der Waals surface area contributed by atoms with Crippen molar-refractivity contribution in [3.63, 3.8) is 0 Å². The van der Waals surface area contributed by atoms with Gasteiger partial charge < -0.3 is 10.1 Å². The highest BCUT2D eigenvalue weighted by atomic mass is 19.1. The summed E-state index contributed by atoms with van der Waals surface area (Å²) in [4.78, 5) is 1.34. The molecule has 1 fully saturated rings. The van der Waals surface area contributed by atoms with E-state index >= 15 is 0 Å². The monoisotopic (exact) mass is 277 g/mol. The van der Waals surface area contributed by atoms with E-state index in [9.17, 15) is 4.39 Å². The van der Waals surface area contributed by atoms with E-state index in [0.717, 1.165) is 5.56 Å². The maximum Gasteiger partial charge on any atom is 0.212 e. The highest BCUT2D eigenvalue weighted by Gasteiger charge is 2.20. The van der Waals surface area contributed by atoms with E-state index in [-0.39, 0.29) is 18.2 Å². The smallest absolute Gasteiger partial charge is 0.212 e. The number of hydrogen-bond acceptors (Lipinski definition) is 5. The third-order valence-corrected chi connectivity index (χ3v) is 3.08. The Hall–Kier alpha value is -2.02. The second kappa shape index (κ2) is 5.54. The number of nitrogens with zero attached hydrogens (tertiary/aromatic N) is 4. The number of tetrazole rings is 1. The number of rotatable bonds is 6. The molecule has 0 spiro atoms. The second-order valence-electron chi connectivity index (χ2n) is 4.90. The van der Waals surface area contributed by atoms with Gasteiger partial charge in [0.15, 0.2) is 18.2 Å². The van der Waals surface area contributed by atoms with E-state index in [1.54, 1.807) is 13.1 Å². The van der Waals surface area contributed by atoms with Gasteiger partial charge in [-0.15, -0.1) is 10.2 Å². The van der Waals surface area contributed by atoms with Gasteiger partial charge in [-0.05, 0) is 35.8 Å². The zero-order chi connectivity index (χ0) is 13.9. The summed E-state index contributed by atoms with van der Waals surface area (Å²) in [5.41, 5.74) is 0.916. The molecule has 6 nitrogen and oxygen atoms in total. The SMILES string of the molecule is Cn1nnc(COc2ccc(CNC3CC3)cc2F)n1. The number of aromatic nitrogens is 4. The third-order valence-electron chi connectivity index (χ3n) is 3.08. The molecular formula is C13H16FN5O. The van der Waals surface area contributed by atoms with Crippen LogP contribution in [0.3, 0.4) is 0 Å². The van der Waals surface area contributed by atoms with E-state index in [1.165, 1.54) is 23.7 Å². The third kappa shape index (κ3) is 3.30. The first-order valence-electron chi connectivity index (χ1n) is 6.58. The average Bonchev–Trinajstić information content (AvgIpc) is 3.17. The van der Waals surface area contributed by atoms with Crippen LogP contribution in [0.2, 0.25) is 0 Å². The van der Waals surface area contributed by atoms with Crippen LogP contribution in [0.5, 0.6) is 5.75 Å². The van der Waals surface area contributed by atoms with Crippen LogP contribution in [0.25, 0.3) is 0 Å². The van der Waals surface area contributed by atoms with Crippen molar-refractivity contribution in [3.8, 4) is 5.75 Å². The Morgan fingerprint density at radius 2 is 2.30 bits per heavy atom. The van der Waals surface area contributed by atoms with E-state index in [1.807, 2.05) is 6.07 Å². The molecule has 1 N–H and O–H groups in total. The Bertz CT molecular complexity index is 596.